The SMILES string of the molecule is CCCOc1ccc(NC(=O)[C@H](C)Oc2cc(C)c(Cl)c(C)c2)c2cccnc12. The van der Waals surface area contributed by atoms with Gasteiger partial charge in [0.2, 0.25) is 0 Å². The summed E-state index contributed by atoms with van der Waals surface area (Å²) in [5.74, 6) is 1.07. The van der Waals surface area contributed by atoms with Gasteiger partial charge in [0.25, 0.3) is 5.91 Å². The number of rotatable bonds is 7. The lowest BCUT2D eigenvalue weighted by Gasteiger charge is -2.17. The first-order valence-corrected chi connectivity index (χ1v) is 10.0. The monoisotopic (exact) mass is 412 g/mol. The Labute approximate surface area is 176 Å². The molecule has 3 rings (SSSR count). The minimum absolute atomic E-state index is 0.248. The van der Waals surface area contributed by atoms with E-state index in [9.17, 15) is 4.79 Å². The standard InChI is InChI=1S/C23H25ClN2O3/c1-5-11-28-20-9-8-19(18-7-6-10-25-22(18)20)26-23(27)16(4)29-17-12-14(2)21(24)15(3)13-17/h6-10,12-13,16H,5,11H2,1-4H3,(H,26,27)/t16-/m0/s1. The van der Waals surface area contributed by atoms with Gasteiger partial charge in [-0.1, -0.05) is 18.5 Å². The summed E-state index contributed by atoms with van der Waals surface area (Å²) in [5, 5.41) is 4.47. The number of carbonyl (C=O) groups is 1. The zero-order valence-electron chi connectivity index (χ0n) is 17.1. The van der Waals surface area contributed by atoms with Crippen LogP contribution in [-0.2, 0) is 4.79 Å². The summed E-state index contributed by atoms with van der Waals surface area (Å²) < 4.78 is 11.6. The zero-order chi connectivity index (χ0) is 21.0. The zero-order valence-corrected chi connectivity index (χ0v) is 17.8. The molecule has 1 heterocycles. The number of pyridine rings is 1. The molecule has 2 aromatic carbocycles. The third kappa shape index (κ3) is 4.80. The van der Waals surface area contributed by atoms with Gasteiger partial charge in [0.1, 0.15) is 17.0 Å². The fourth-order valence-corrected chi connectivity index (χ4v) is 3.16. The number of aromatic nitrogens is 1. The van der Waals surface area contributed by atoms with Crippen molar-refractivity contribution in [3.8, 4) is 11.5 Å². The van der Waals surface area contributed by atoms with Gasteiger partial charge in [-0.25, -0.2) is 0 Å². The van der Waals surface area contributed by atoms with E-state index in [0.717, 1.165) is 28.5 Å². The molecule has 5 nitrogen and oxygen atoms in total. The molecule has 29 heavy (non-hydrogen) atoms. The molecule has 0 saturated heterocycles. The fourth-order valence-electron chi connectivity index (χ4n) is 3.05. The van der Waals surface area contributed by atoms with Crippen LogP contribution in [0, 0.1) is 13.8 Å². The molecule has 0 saturated carbocycles. The lowest BCUT2D eigenvalue weighted by atomic mass is 10.1. The van der Waals surface area contributed by atoms with Crippen molar-refractivity contribution in [3.05, 3.63) is 58.7 Å². The summed E-state index contributed by atoms with van der Waals surface area (Å²) >= 11 is 6.20. The molecule has 1 atom stereocenters. The third-order valence-electron chi connectivity index (χ3n) is 4.54. The van der Waals surface area contributed by atoms with Gasteiger partial charge in [0.05, 0.1) is 12.3 Å². The van der Waals surface area contributed by atoms with Crippen molar-refractivity contribution in [1.29, 1.82) is 0 Å². The highest BCUT2D eigenvalue weighted by Gasteiger charge is 2.18. The molecule has 0 spiro atoms. The summed E-state index contributed by atoms with van der Waals surface area (Å²) in [7, 11) is 0. The number of amides is 1. The van der Waals surface area contributed by atoms with Crippen molar-refractivity contribution in [3.63, 3.8) is 0 Å². The van der Waals surface area contributed by atoms with Crippen molar-refractivity contribution in [2.75, 3.05) is 11.9 Å². The predicted octanol–water partition coefficient (Wildman–Crippen LogP) is 5.70. The maximum Gasteiger partial charge on any atom is 0.265 e. The lowest BCUT2D eigenvalue weighted by molar-refractivity contribution is -0.122. The van der Waals surface area contributed by atoms with Crippen molar-refractivity contribution in [2.45, 2.75) is 40.2 Å². The van der Waals surface area contributed by atoms with Gasteiger partial charge in [-0.3, -0.25) is 9.78 Å². The number of aryl methyl sites for hydroxylation is 2. The van der Waals surface area contributed by atoms with Crippen molar-refractivity contribution in [1.82, 2.24) is 4.98 Å². The summed E-state index contributed by atoms with van der Waals surface area (Å²) in [4.78, 5) is 17.2. The van der Waals surface area contributed by atoms with Gasteiger partial charge in [0, 0.05) is 16.6 Å². The molecule has 6 heteroatoms. The Kier molecular flexibility index (Phi) is 6.60. The van der Waals surface area contributed by atoms with Crippen LogP contribution < -0.4 is 14.8 Å². The van der Waals surface area contributed by atoms with E-state index >= 15 is 0 Å². The molecule has 0 aliphatic carbocycles. The average molecular weight is 413 g/mol. The topological polar surface area (TPSA) is 60.5 Å². The molecule has 152 valence electrons. The highest BCUT2D eigenvalue weighted by Crippen LogP contribution is 2.31. The highest BCUT2D eigenvalue weighted by atomic mass is 35.5. The fraction of sp³-hybridized carbons (Fsp3) is 0.304. The van der Waals surface area contributed by atoms with Crippen molar-refractivity contribution in [2.24, 2.45) is 0 Å². The maximum atomic E-state index is 12.7. The summed E-state index contributed by atoms with van der Waals surface area (Å²) in [6.07, 6.45) is 1.94. The smallest absolute Gasteiger partial charge is 0.265 e. The van der Waals surface area contributed by atoms with Crippen LogP contribution in [-0.4, -0.2) is 23.6 Å². The number of benzene rings is 2. The molecule has 0 aliphatic heterocycles. The highest BCUT2D eigenvalue weighted by molar-refractivity contribution is 6.32. The maximum absolute atomic E-state index is 12.7. The molecule has 0 aliphatic rings. The molecule has 0 unspecified atom stereocenters. The molecule has 1 amide bonds. The van der Waals surface area contributed by atoms with Crippen LogP contribution in [0.3, 0.4) is 0 Å². The molecule has 0 bridgehead atoms. The van der Waals surface area contributed by atoms with Crippen LogP contribution in [0.4, 0.5) is 5.69 Å². The van der Waals surface area contributed by atoms with E-state index in [0.29, 0.717) is 28.8 Å². The molecule has 1 N–H and O–H groups in total. The third-order valence-corrected chi connectivity index (χ3v) is 5.14. The predicted molar refractivity (Wildman–Crippen MR) is 117 cm³/mol. The van der Waals surface area contributed by atoms with E-state index in [2.05, 4.69) is 17.2 Å². The van der Waals surface area contributed by atoms with Crippen LogP contribution in [0.15, 0.2) is 42.6 Å². The number of hydrogen-bond donors (Lipinski definition) is 1. The first-order valence-electron chi connectivity index (χ1n) is 9.65. The molecule has 3 aromatic rings. The van der Waals surface area contributed by atoms with Crippen LogP contribution in [0.25, 0.3) is 10.9 Å². The molecule has 1 aromatic heterocycles. The second-order valence-corrected chi connectivity index (χ2v) is 7.36. The van der Waals surface area contributed by atoms with Crippen LogP contribution in [0.5, 0.6) is 11.5 Å². The number of hydrogen-bond acceptors (Lipinski definition) is 4. The van der Waals surface area contributed by atoms with Crippen molar-refractivity contribution >= 4 is 34.1 Å². The van der Waals surface area contributed by atoms with Gasteiger partial charge in [-0.2, -0.15) is 0 Å². The van der Waals surface area contributed by atoms with E-state index in [1.807, 2.05) is 50.2 Å². The molecular formula is C23H25ClN2O3. The summed E-state index contributed by atoms with van der Waals surface area (Å²) in [6, 6.07) is 11.1. The van der Waals surface area contributed by atoms with E-state index in [1.165, 1.54) is 0 Å². The van der Waals surface area contributed by atoms with Gasteiger partial charge >= 0.3 is 0 Å². The summed E-state index contributed by atoms with van der Waals surface area (Å²) in [5.41, 5.74) is 3.21. The van der Waals surface area contributed by atoms with E-state index in [1.54, 1.807) is 13.1 Å². The Balaban J connectivity index is 1.79. The Hall–Kier alpha value is -2.79. The molecule has 0 radical (unpaired) electrons. The van der Waals surface area contributed by atoms with E-state index in [-0.39, 0.29) is 5.91 Å². The van der Waals surface area contributed by atoms with Crippen LogP contribution in [0.1, 0.15) is 31.4 Å². The number of fused-ring (bicyclic) bond motifs is 1. The Morgan fingerprint density at radius 2 is 1.93 bits per heavy atom. The van der Waals surface area contributed by atoms with Gasteiger partial charge in [-0.05, 0) is 74.7 Å². The van der Waals surface area contributed by atoms with Crippen LogP contribution in [0.2, 0.25) is 5.02 Å². The quantitative estimate of drug-likeness (QED) is 0.540. The number of nitrogens with one attached hydrogen (secondary N) is 1. The molecular weight excluding hydrogens is 388 g/mol. The first-order chi connectivity index (χ1) is 13.9. The minimum atomic E-state index is -0.683. The van der Waals surface area contributed by atoms with E-state index < -0.39 is 6.10 Å². The number of nitrogens with zero attached hydrogens (tertiary/aromatic N) is 1. The largest absolute Gasteiger partial charge is 0.491 e. The minimum Gasteiger partial charge on any atom is -0.491 e. The second kappa shape index (κ2) is 9.14. The normalized spacial score (nSPS) is 11.9. The number of carbonyl (C=O) groups excluding carboxylic acids is 1. The molecule has 0 fully saturated rings. The Morgan fingerprint density at radius 3 is 2.62 bits per heavy atom. The van der Waals surface area contributed by atoms with Gasteiger partial charge in [-0.15, -0.1) is 0 Å². The second-order valence-electron chi connectivity index (χ2n) is 6.98. The number of halogens is 1. The number of ether oxygens (including phenoxy) is 2. The number of anilines is 1. The average Bonchev–Trinajstić information content (AvgIpc) is 2.71. The summed E-state index contributed by atoms with van der Waals surface area (Å²) in [6.45, 7) is 8.20. The van der Waals surface area contributed by atoms with Gasteiger partial charge < -0.3 is 14.8 Å². The van der Waals surface area contributed by atoms with Gasteiger partial charge in [0.15, 0.2) is 6.10 Å². The van der Waals surface area contributed by atoms with Crippen molar-refractivity contribution < 1.29 is 14.3 Å². The van der Waals surface area contributed by atoms with E-state index in [4.69, 9.17) is 21.1 Å². The Morgan fingerprint density at radius 1 is 1.21 bits per heavy atom. The Bertz CT molecular complexity index is 1010. The van der Waals surface area contributed by atoms with Crippen LogP contribution >= 0.6 is 11.6 Å². The lowest BCUT2D eigenvalue weighted by Crippen LogP contribution is -2.30. The first kappa shape index (κ1) is 20.9.